The molecule has 2 saturated heterocycles. The molecule has 362 valence electrons. The van der Waals surface area contributed by atoms with Crippen molar-refractivity contribution in [3.63, 3.8) is 0 Å². The first-order chi connectivity index (χ1) is 31.4. The summed E-state index contributed by atoms with van der Waals surface area (Å²) in [5, 5.41) is 0.445. The van der Waals surface area contributed by atoms with Crippen LogP contribution in [0.1, 0.15) is 91.0 Å². The number of imidazole rings is 2. The number of nitrogens with zero attached hydrogens (tertiary/aromatic N) is 7. The molecular weight excluding hydrogens is 881 g/mol. The molecule has 1 N–H and O–H groups in total. The van der Waals surface area contributed by atoms with Crippen LogP contribution >= 0.6 is 0 Å². The Kier molecular flexibility index (Phi) is 14.8. The monoisotopic (exact) mass is 953 g/mol. The number of ether oxygens (including phenoxy) is 4. The summed E-state index contributed by atoms with van der Waals surface area (Å²) in [6.45, 7) is 28.2. The van der Waals surface area contributed by atoms with E-state index in [2.05, 4.69) is 48.8 Å². The van der Waals surface area contributed by atoms with Crippen LogP contribution in [0.4, 0.5) is 9.59 Å². The summed E-state index contributed by atoms with van der Waals surface area (Å²) < 4.78 is 28.3. The number of aromatic nitrogens is 6. The second kappa shape index (κ2) is 19.9. The van der Waals surface area contributed by atoms with E-state index in [-0.39, 0.29) is 36.6 Å². The quantitative estimate of drug-likeness (QED) is 0.0790. The van der Waals surface area contributed by atoms with Gasteiger partial charge in [-0.2, -0.15) is 0 Å². The third-order valence-corrected chi connectivity index (χ3v) is 15.4. The fourth-order valence-electron chi connectivity index (χ4n) is 8.49. The van der Waals surface area contributed by atoms with E-state index in [1.807, 2.05) is 94.8 Å². The number of aromatic amines is 1. The number of hydrogen-bond acceptors (Lipinski definition) is 10. The van der Waals surface area contributed by atoms with Crippen molar-refractivity contribution in [1.82, 2.24) is 38.9 Å². The molecule has 3 aromatic heterocycles. The first-order valence-electron chi connectivity index (χ1n) is 23.9. The molecule has 2 aromatic carbocycles. The van der Waals surface area contributed by atoms with Crippen molar-refractivity contribution >= 4 is 39.2 Å². The Morgan fingerprint density at radius 2 is 1.12 bits per heavy atom. The summed E-state index contributed by atoms with van der Waals surface area (Å²) >= 11 is 0. The molecular formula is C50H72N8O7Si2. The zero-order valence-corrected chi connectivity index (χ0v) is 43.8. The third-order valence-electron chi connectivity index (χ3n) is 12.0. The fourth-order valence-corrected chi connectivity index (χ4v) is 10.0. The van der Waals surface area contributed by atoms with Gasteiger partial charge in [-0.1, -0.05) is 69.6 Å². The molecule has 5 aromatic rings. The number of carbonyl (C=O) groups is 2. The molecule has 2 amide bonds. The van der Waals surface area contributed by atoms with Crippen molar-refractivity contribution in [2.24, 2.45) is 0 Å². The van der Waals surface area contributed by atoms with E-state index in [1.54, 1.807) is 16.0 Å². The van der Waals surface area contributed by atoms with Crippen LogP contribution in [-0.4, -0.2) is 105 Å². The molecule has 0 radical (unpaired) electrons. The number of carbonyl (C=O) groups excluding carboxylic acids is 2. The van der Waals surface area contributed by atoms with Crippen LogP contribution in [0.5, 0.6) is 0 Å². The average molecular weight is 953 g/mol. The summed E-state index contributed by atoms with van der Waals surface area (Å²) in [4.78, 5) is 62.0. The minimum Gasteiger partial charge on any atom is -0.444 e. The Morgan fingerprint density at radius 1 is 0.672 bits per heavy atom. The van der Waals surface area contributed by atoms with E-state index in [1.165, 1.54) is 0 Å². The van der Waals surface area contributed by atoms with Crippen LogP contribution in [0.25, 0.3) is 44.8 Å². The lowest BCUT2D eigenvalue weighted by Crippen LogP contribution is -2.37. The molecule has 2 aliphatic heterocycles. The van der Waals surface area contributed by atoms with Crippen LogP contribution < -0.4 is 5.56 Å². The van der Waals surface area contributed by atoms with Crippen LogP contribution in [-0.2, 0) is 32.4 Å². The molecule has 7 rings (SSSR count). The maximum Gasteiger partial charge on any atom is 0.410 e. The second-order valence-corrected chi connectivity index (χ2v) is 33.7. The van der Waals surface area contributed by atoms with Crippen molar-refractivity contribution in [3.05, 3.63) is 76.9 Å². The molecule has 0 bridgehead atoms. The van der Waals surface area contributed by atoms with Gasteiger partial charge in [0.2, 0.25) is 0 Å². The Bertz CT molecular complexity index is 2600. The van der Waals surface area contributed by atoms with Crippen LogP contribution in [0.15, 0.2) is 59.7 Å². The number of amides is 2. The van der Waals surface area contributed by atoms with Crippen molar-refractivity contribution in [2.75, 3.05) is 26.3 Å². The predicted octanol–water partition coefficient (Wildman–Crippen LogP) is 11.1. The Morgan fingerprint density at radius 3 is 1.58 bits per heavy atom. The van der Waals surface area contributed by atoms with E-state index in [0.717, 1.165) is 77.5 Å². The molecule has 0 aliphatic carbocycles. The van der Waals surface area contributed by atoms with Gasteiger partial charge in [-0.05, 0) is 97.0 Å². The Labute approximate surface area is 397 Å². The average Bonchev–Trinajstić information content (AvgIpc) is 4.05. The smallest absolute Gasteiger partial charge is 0.410 e. The third kappa shape index (κ3) is 12.5. The molecule has 0 spiro atoms. The van der Waals surface area contributed by atoms with E-state index < -0.39 is 27.3 Å². The maximum absolute atomic E-state index is 13.9. The Balaban J connectivity index is 1.16. The van der Waals surface area contributed by atoms with Gasteiger partial charge >= 0.3 is 12.2 Å². The fraction of sp³-hybridized carbons (Fsp3) is 0.560. The summed E-state index contributed by atoms with van der Waals surface area (Å²) in [5.74, 6) is 1.95. The van der Waals surface area contributed by atoms with Gasteiger partial charge in [-0.25, -0.2) is 24.5 Å². The first kappa shape index (κ1) is 49.8. The summed E-state index contributed by atoms with van der Waals surface area (Å²) in [6, 6.07) is 15.1. The number of hydrogen-bond donors (Lipinski definition) is 1. The van der Waals surface area contributed by atoms with Gasteiger partial charge in [-0.15, -0.1) is 0 Å². The van der Waals surface area contributed by atoms with Crippen molar-refractivity contribution in [1.29, 1.82) is 0 Å². The van der Waals surface area contributed by atoms with Gasteiger partial charge < -0.3 is 33.1 Å². The van der Waals surface area contributed by atoms with Crippen LogP contribution in [0.3, 0.4) is 0 Å². The SMILES string of the molecule is CC(C)(C)OC(=O)N1CCCC1c1ncc(-c2ccc(-c3nc4ccc(-c5cnc(C6CCCN6C(=O)OC(C)(C)C)n5COCC[Si](C)(C)C)cc4c(=O)[nH]3)cc2)n1COCC[Si](C)(C)C. The van der Waals surface area contributed by atoms with Gasteiger partial charge in [0.1, 0.15) is 42.1 Å². The normalized spacial score (nSPS) is 17.2. The van der Waals surface area contributed by atoms with Crippen LogP contribution in [0.2, 0.25) is 51.4 Å². The lowest BCUT2D eigenvalue weighted by Gasteiger charge is -2.29. The van der Waals surface area contributed by atoms with Gasteiger partial charge in [0.05, 0.1) is 46.8 Å². The molecule has 2 atom stereocenters. The van der Waals surface area contributed by atoms with Crippen molar-refractivity contribution < 1.29 is 28.5 Å². The first-order valence-corrected chi connectivity index (χ1v) is 31.3. The maximum atomic E-state index is 13.9. The highest BCUT2D eigenvalue weighted by molar-refractivity contribution is 6.76. The van der Waals surface area contributed by atoms with E-state index in [9.17, 15) is 14.4 Å². The molecule has 5 heterocycles. The zero-order valence-electron chi connectivity index (χ0n) is 41.8. The highest BCUT2D eigenvalue weighted by atomic mass is 28.3. The molecule has 17 heteroatoms. The molecule has 2 unspecified atom stereocenters. The van der Waals surface area contributed by atoms with Crippen LogP contribution in [0, 0.1) is 0 Å². The standard InChI is InChI=1S/C50H72N8O7Si2/c1-49(2,3)64-47(60)55-23-13-15-39(55)44-51-30-41(57(44)32-62-25-27-66(7,8)9)34-17-19-35(20-18-34)43-53-38-22-21-36(29-37(38)46(59)54-43)42-31-52-45(58(42)33-63-26-28-67(10,11)12)40-16-14-24-56(40)48(61)65-50(4,5)6/h17-22,29-31,39-40H,13-16,23-28,32-33H2,1-12H3,(H,53,54,59). The second-order valence-electron chi connectivity index (χ2n) is 22.4. The number of rotatable bonds is 15. The molecule has 0 saturated carbocycles. The minimum atomic E-state index is -1.34. The molecule has 15 nitrogen and oxygen atoms in total. The van der Waals surface area contributed by atoms with Crippen molar-refractivity contribution in [3.8, 4) is 33.9 Å². The summed E-state index contributed by atoms with van der Waals surface area (Å²) in [5.41, 5.74) is 3.17. The van der Waals surface area contributed by atoms with E-state index in [0.29, 0.717) is 49.8 Å². The largest absolute Gasteiger partial charge is 0.444 e. The Hall–Kier alpha value is -5.11. The molecule has 67 heavy (non-hydrogen) atoms. The number of nitrogens with one attached hydrogen (secondary N) is 1. The van der Waals surface area contributed by atoms with E-state index in [4.69, 9.17) is 33.9 Å². The number of fused-ring (bicyclic) bond motifs is 1. The minimum absolute atomic E-state index is 0.242. The van der Waals surface area contributed by atoms with Gasteiger partial charge in [0.15, 0.2) is 0 Å². The number of H-pyrrole nitrogens is 1. The topological polar surface area (TPSA) is 159 Å². The predicted molar refractivity (Wildman–Crippen MR) is 268 cm³/mol. The van der Waals surface area contributed by atoms with Crippen molar-refractivity contribution in [2.45, 2.75) is 155 Å². The van der Waals surface area contributed by atoms with Gasteiger partial charge in [0.25, 0.3) is 5.56 Å². The molecule has 2 aliphatic rings. The highest BCUT2D eigenvalue weighted by Gasteiger charge is 2.38. The van der Waals surface area contributed by atoms with E-state index >= 15 is 0 Å². The zero-order chi connectivity index (χ0) is 48.5. The van der Waals surface area contributed by atoms with Gasteiger partial charge in [0, 0.05) is 53.6 Å². The summed E-state index contributed by atoms with van der Waals surface area (Å²) in [6.07, 6.45) is 6.18. The summed E-state index contributed by atoms with van der Waals surface area (Å²) in [7, 11) is -2.67. The number of likely N-dealkylation sites (tertiary alicyclic amines) is 2. The highest BCUT2D eigenvalue weighted by Crippen LogP contribution is 2.37. The number of benzene rings is 2. The molecule has 2 fully saturated rings. The lowest BCUT2D eigenvalue weighted by molar-refractivity contribution is 0.0195. The lowest BCUT2D eigenvalue weighted by atomic mass is 10.1. The van der Waals surface area contributed by atoms with Gasteiger partial charge in [-0.3, -0.25) is 14.6 Å².